The molecule has 1 aromatic heterocycles. The molecule has 2 rings (SSSR count). The highest BCUT2D eigenvalue weighted by atomic mass is 32.1. The maximum absolute atomic E-state index is 13.2. The molecule has 0 fully saturated rings. The molecule has 0 radical (unpaired) electrons. The van der Waals surface area contributed by atoms with Crippen LogP contribution >= 0.6 is 11.3 Å². The fourth-order valence-corrected chi connectivity index (χ4v) is 1.75. The van der Waals surface area contributed by atoms with Gasteiger partial charge in [-0.15, -0.1) is 11.3 Å². The monoisotopic (exact) mass is 240 g/mol. The van der Waals surface area contributed by atoms with Gasteiger partial charge in [-0.2, -0.15) is 4.39 Å². The lowest BCUT2D eigenvalue weighted by Gasteiger charge is -2.04. The van der Waals surface area contributed by atoms with Crippen LogP contribution in [0, 0.1) is 11.6 Å². The second-order valence-electron chi connectivity index (χ2n) is 2.96. The van der Waals surface area contributed by atoms with Gasteiger partial charge in [0.05, 0.1) is 4.88 Å². The molecule has 0 atom stereocenters. The van der Waals surface area contributed by atoms with E-state index in [1.54, 1.807) is 5.38 Å². The number of rotatable bonds is 3. The van der Waals surface area contributed by atoms with Crippen LogP contribution in [0.4, 0.5) is 8.78 Å². The van der Waals surface area contributed by atoms with E-state index in [9.17, 15) is 13.6 Å². The summed E-state index contributed by atoms with van der Waals surface area (Å²) in [5, 5.41) is 1.55. The Bertz CT molecular complexity index is 522. The van der Waals surface area contributed by atoms with Gasteiger partial charge >= 0.3 is 0 Å². The van der Waals surface area contributed by atoms with Crippen molar-refractivity contribution < 1.29 is 18.3 Å². The van der Waals surface area contributed by atoms with Crippen molar-refractivity contribution in [2.75, 3.05) is 0 Å². The summed E-state index contributed by atoms with van der Waals surface area (Å²) in [6.45, 7) is 0. The number of thiophene rings is 1. The quantitative estimate of drug-likeness (QED) is 0.766. The smallest absolute Gasteiger partial charge is 0.201 e. The number of hydrogen-bond acceptors (Lipinski definition) is 3. The van der Waals surface area contributed by atoms with Crippen molar-refractivity contribution in [1.82, 2.24) is 0 Å². The van der Waals surface area contributed by atoms with Crippen molar-refractivity contribution in [2.45, 2.75) is 0 Å². The number of halogens is 2. The van der Waals surface area contributed by atoms with Crippen LogP contribution in [0.25, 0.3) is 0 Å². The first-order valence-electron chi connectivity index (χ1n) is 4.36. The second kappa shape index (κ2) is 4.40. The van der Waals surface area contributed by atoms with Crippen molar-refractivity contribution in [1.29, 1.82) is 0 Å². The number of benzene rings is 1. The molecular weight excluding hydrogens is 234 g/mol. The van der Waals surface area contributed by atoms with E-state index < -0.39 is 11.6 Å². The molecule has 0 unspecified atom stereocenters. The first-order valence-corrected chi connectivity index (χ1v) is 5.24. The van der Waals surface area contributed by atoms with E-state index in [0.717, 1.165) is 6.07 Å². The molecule has 2 nitrogen and oxygen atoms in total. The van der Waals surface area contributed by atoms with Crippen LogP contribution < -0.4 is 4.74 Å². The van der Waals surface area contributed by atoms with Crippen molar-refractivity contribution in [2.24, 2.45) is 0 Å². The van der Waals surface area contributed by atoms with Crippen LogP contribution in [-0.4, -0.2) is 6.29 Å². The van der Waals surface area contributed by atoms with Crippen LogP contribution in [0.3, 0.4) is 0 Å². The minimum Gasteiger partial charge on any atom is -0.453 e. The molecule has 0 saturated heterocycles. The van der Waals surface area contributed by atoms with Crippen LogP contribution in [-0.2, 0) is 0 Å². The Hall–Kier alpha value is -1.75. The van der Waals surface area contributed by atoms with Crippen LogP contribution in [0.2, 0.25) is 0 Å². The minimum atomic E-state index is -1.04. The largest absolute Gasteiger partial charge is 0.453 e. The zero-order valence-electron chi connectivity index (χ0n) is 7.94. The summed E-state index contributed by atoms with van der Waals surface area (Å²) < 4.78 is 31.2. The van der Waals surface area contributed by atoms with Crippen LogP contribution in [0.5, 0.6) is 11.5 Å². The van der Waals surface area contributed by atoms with Crippen molar-refractivity contribution >= 4 is 17.6 Å². The third-order valence-electron chi connectivity index (χ3n) is 1.86. The number of ether oxygens (including phenoxy) is 1. The normalized spacial score (nSPS) is 10.1. The number of carbonyl (C=O) groups excluding carboxylic acids is 1. The molecule has 0 N–H and O–H groups in total. The summed E-state index contributed by atoms with van der Waals surface area (Å²) >= 11 is 1.17. The molecule has 0 aliphatic rings. The lowest BCUT2D eigenvalue weighted by Crippen LogP contribution is -1.90. The van der Waals surface area contributed by atoms with Gasteiger partial charge in [0.2, 0.25) is 5.82 Å². The fourth-order valence-electron chi connectivity index (χ4n) is 1.14. The number of carbonyl (C=O) groups is 1. The van der Waals surface area contributed by atoms with E-state index in [1.807, 2.05) is 0 Å². The Labute approximate surface area is 94.1 Å². The van der Waals surface area contributed by atoms with Crippen molar-refractivity contribution in [3.63, 3.8) is 0 Å². The molecule has 0 bridgehead atoms. The van der Waals surface area contributed by atoms with Gasteiger partial charge in [0, 0.05) is 11.4 Å². The molecule has 16 heavy (non-hydrogen) atoms. The van der Waals surface area contributed by atoms with E-state index in [4.69, 9.17) is 4.74 Å². The average molecular weight is 240 g/mol. The number of hydrogen-bond donors (Lipinski definition) is 0. The SMILES string of the molecule is O=Cc1cc(Oc2cccc(F)c2F)cs1. The highest BCUT2D eigenvalue weighted by Crippen LogP contribution is 2.28. The van der Waals surface area contributed by atoms with Crippen LogP contribution in [0.15, 0.2) is 29.6 Å². The lowest BCUT2D eigenvalue weighted by atomic mass is 10.3. The average Bonchev–Trinajstić information content (AvgIpc) is 2.73. The van der Waals surface area contributed by atoms with Crippen LogP contribution in [0.1, 0.15) is 9.67 Å². The lowest BCUT2D eigenvalue weighted by molar-refractivity contribution is 0.112. The zero-order valence-corrected chi connectivity index (χ0v) is 8.76. The van der Waals surface area contributed by atoms with Gasteiger partial charge in [-0.3, -0.25) is 4.79 Å². The molecule has 5 heteroatoms. The van der Waals surface area contributed by atoms with E-state index in [-0.39, 0.29) is 5.75 Å². The van der Waals surface area contributed by atoms with E-state index in [1.165, 1.54) is 29.5 Å². The molecular formula is C11H6F2O2S. The van der Waals surface area contributed by atoms with Gasteiger partial charge in [-0.05, 0) is 12.1 Å². The van der Waals surface area contributed by atoms with Crippen molar-refractivity contribution in [3.05, 3.63) is 46.2 Å². The summed E-state index contributed by atoms with van der Waals surface area (Å²) in [5.74, 6) is -1.89. The first kappa shape index (κ1) is 10.8. The summed E-state index contributed by atoms with van der Waals surface area (Å²) in [6.07, 6.45) is 0.666. The Morgan fingerprint density at radius 3 is 2.81 bits per heavy atom. The maximum Gasteiger partial charge on any atom is 0.201 e. The molecule has 0 aliphatic heterocycles. The van der Waals surface area contributed by atoms with Gasteiger partial charge in [-0.25, -0.2) is 4.39 Å². The first-order chi connectivity index (χ1) is 7.70. The third-order valence-corrected chi connectivity index (χ3v) is 2.69. The van der Waals surface area contributed by atoms with E-state index in [0.29, 0.717) is 16.9 Å². The van der Waals surface area contributed by atoms with Gasteiger partial charge in [0.25, 0.3) is 0 Å². The molecule has 1 aromatic carbocycles. The Morgan fingerprint density at radius 2 is 2.12 bits per heavy atom. The summed E-state index contributed by atoms with van der Waals surface area (Å²) in [6, 6.07) is 5.13. The fraction of sp³-hybridized carbons (Fsp3) is 0. The zero-order chi connectivity index (χ0) is 11.5. The Morgan fingerprint density at radius 1 is 1.31 bits per heavy atom. The Balaban J connectivity index is 2.26. The van der Waals surface area contributed by atoms with Gasteiger partial charge in [0.15, 0.2) is 17.9 Å². The summed E-state index contributed by atoms with van der Waals surface area (Å²) in [5.41, 5.74) is 0. The molecule has 0 saturated carbocycles. The Kier molecular flexibility index (Phi) is 2.96. The molecule has 1 heterocycles. The number of aldehydes is 1. The highest BCUT2D eigenvalue weighted by Gasteiger charge is 2.10. The van der Waals surface area contributed by atoms with Gasteiger partial charge in [0.1, 0.15) is 5.75 Å². The van der Waals surface area contributed by atoms with E-state index in [2.05, 4.69) is 0 Å². The summed E-state index contributed by atoms with van der Waals surface area (Å²) in [4.78, 5) is 10.9. The van der Waals surface area contributed by atoms with E-state index >= 15 is 0 Å². The second-order valence-corrected chi connectivity index (χ2v) is 3.90. The van der Waals surface area contributed by atoms with Crippen molar-refractivity contribution in [3.8, 4) is 11.5 Å². The molecule has 82 valence electrons. The molecule has 2 aromatic rings. The topological polar surface area (TPSA) is 26.3 Å². The molecule has 0 aliphatic carbocycles. The predicted molar refractivity (Wildman–Crippen MR) is 56.1 cm³/mol. The molecule has 0 spiro atoms. The third kappa shape index (κ3) is 2.09. The van der Waals surface area contributed by atoms with Gasteiger partial charge < -0.3 is 4.74 Å². The maximum atomic E-state index is 13.2. The minimum absolute atomic E-state index is 0.199. The predicted octanol–water partition coefficient (Wildman–Crippen LogP) is 3.63. The highest BCUT2D eigenvalue weighted by molar-refractivity contribution is 7.11. The molecule has 0 amide bonds. The van der Waals surface area contributed by atoms with Gasteiger partial charge in [-0.1, -0.05) is 6.07 Å². The summed E-state index contributed by atoms with van der Waals surface area (Å²) in [7, 11) is 0. The standard InChI is InChI=1S/C11H6F2O2S/c12-9-2-1-3-10(11(9)13)15-7-4-8(5-14)16-6-7/h1-6H.